The molecule has 0 amide bonds. The maximum Gasteiger partial charge on any atom is 0.124 e. The van der Waals surface area contributed by atoms with Crippen molar-refractivity contribution >= 4 is 11.5 Å². The third kappa shape index (κ3) is 3.81. The molecule has 4 heteroatoms. The Morgan fingerprint density at radius 3 is 2.43 bits per heavy atom. The highest BCUT2D eigenvalue weighted by Gasteiger charge is 2.08. The summed E-state index contributed by atoms with van der Waals surface area (Å²) >= 11 is 0. The predicted molar refractivity (Wildman–Crippen MR) is 85.3 cm³/mol. The molecule has 110 valence electrons. The number of nitrogen functional groups attached to an aromatic ring is 1. The number of aryl methyl sites for hydroxylation is 1. The predicted octanol–water partition coefficient (Wildman–Crippen LogP) is 3.44. The number of halogens is 1. The fraction of sp³-hybridized carbons (Fsp3) is 0.235. The molecule has 0 fully saturated rings. The molecule has 0 saturated heterocycles. The first kappa shape index (κ1) is 15.0. The van der Waals surface area contributed by atoms with Gasteiger partial charge < -0.3 is 10.6 Å². The second-order valence-corrected chi connectivity index (χ2v) is 5.11. The third-order valence-electron chi connectivity index (χ3n) is 3.42. The van der Waals surface area contributed by atoms with Gasteiger partial charge in [-0.05, 0) is 49.7 Å². The molecule has 3 N–H and O–H groups in total. The van der Waals surface area contributed by atoms with Gasteiger partial charge in [0.25, 0.3) is 0 Å². The molecule has 0 aromatic heterocycles. The van der Waals surface area contributed by atoms with Gasteiger partial charge in [0, 0.05) is 24.3 Å². The molecule has 2 aromatic carbocycles. The van der Waals surface area contributed by atoms with E-state index in [1.54, 1.807) is 6.07 Å². The molecular weight excluding hydrogens is 265 g/mol. The topological polar surface area (TPSA) is 53.1 Å². The highest BCUT2D eigenvalue weighted by molar-refractivity contribution is 5.95. The van der Waals surface area contributed by atoms with E-state index in [9.17, 15) is 4.39 Å². The highest BCUT2D eigenvalue weighted by atomic mass is 19.1. The van der Waals surface area contributed by atoms with Gasteiger partial charge in [0.2, 0.25) is 0 Å². The van der Waals surface area contributed by atoms with E-state index in [4.69, 9.17) is 11.1 Å². The van der Waals surface area contributed by atoms with Crippen LogP contribution in [0.2, 0.25) is 0 Å². The molecule has 0 bridgehead atoms. The van der Waals surface area contributed by atoms with Gasteiger partial charge in [-0.15, -0.1) is 0 Å². The van der Waals surface area contributed by atoms with Crippen molar-refractivity contribution in [2.45, 2.75) is 20.4 Å². The first-order valence-electron chi connectivity index (χ1n) is 6.95. The number of nitrogens with one attached hydrogen (secondary N) is 1. The number of rotatable bonds is 5. The first-order valence-corrected chi connectivity index (χ1v) is 6.95. The number of amidine groups is 1. The van der Waals surface area contributed by atoms with Crippen molar-refractivity contribution in [1.82, 2.24) is 0 Å². The minimum atomic E-state index is -0.363. The third-order valence-corrected chi connectivity index (χ3v) is 3.42. The molecule has 0 aliphatic heterocycles. The van der Waals surface area contributed by atoms with Gasteiger partial charge in [-0.25, -0.2) is 4.39 Å². The molecule has 0 aliphatic carbocycles. The average Bonchev–Trinajstić information content (AvgIpc) is 2.45. The van der Waals surface area contributed by atoms with Gasteiger partial charge in [0.05, 0.1) is 0 Å². The van der Waals surface area contributed by atoms with Crippen LogP contribution in [0.4, 0.5) is 10.1 Å². The maximum absolute atomic E-state index is 13.6. The van der Waals surface area contributed by atoms with Crippen molar-refractivity contribution in [2.75, 3.05) is 11.4 Å². The highest BCUT2D eigenvalue weighted by Crippen LogP contribution is 2.19. The smallest absolute Gasteiger partial charge is 0.124 e. The molecule has 0 heterocycles. The lowest BCUT2D eigenvalue weighted by molar-refractivity contribution is 0.624. The fourth-order valence-corrected chi connectivity index (χ4v) is 2.26. The Hall–Kier alpha value is -2.36. The number of benzene rings is 2. The molecule has 0 spiro atoms. The molecule has 0 aliphatic rings. The van der Waals surface area contributed by atoms with E-state index in [0.29, 0.717) is 12.1 Å². The molecular formula is C17H20FN3. The molecule has 2 rings (SSSR count). The van der Waals surface area contributed by atoms with Crippen LogP contribution in [0.15, 0.2) is 42.5 Å². The van der Waals surface area contributed by atoms with Crippen LogP contribution in [-0.2, 0) is 6.54 Å². The minimum Gasteiger partial charge on any atom is -0.384 e. The standard InChI is InChI=1S/C17H20FN3/c1-3-21(16-6-4-12(2)5-7-16)11-13-8-14(17(19)20)10-15(18)9-13/h4-10H,3,11H2,1-2H3,(H3,19,20). The number of nitrogens with zero attached hydrogens (tertiary/aromatic N) is 1. The second kappa shape index (κ2) is 6.39. The zero-order valence-corrected chi connectivity index (χ0v) is 12.4. The summed E-state index contributed by atoms with van der Waals surface area (Å²) in [6, 6.07) is 12.8. The van der Waals surface area contributed by atoms with Crippen LogP contribution < -0.4 is 10.6 Å². The Labute approximate surface area is 124 Å². The second-order valence-electron chi connectivity index (χ2n) is 5.11. The summed E-state index contributed by atoms with van der Waals surface area (Å²) in [5, 5.41) is 7.44. The summed E-state index contributed by atoms with van der Waals surface area (Å²) < 4.78 is 13.6. The van der Waals surface area contributed by atoms with Crippen molar-refractivity contribution in [3.05, 3.63) is 65.0 Å². The summed E-state index contributed by atoms with van der Waals surface area (Å²) in [4.78, 5) is 2.15. The van der Waals surface area contributed by atoms with Crippen LogP contribution in [0.1, 0.15) is 23.6 Å². The Balaban J connectivity index is 2.26. The minimum absolute atomic E-state index is 0.117. The van der Waals surface area contributed by atoms with Gasteiger partial charge >= 0.3 is 0 Å². The summed E-state index contributed by atoms with van der Waals surface area (Å²) in [6.45, 7) is 5.50. The molecule has 2 aromatic rings. The molecule has 21 heavy (non-hydrogen) atoms. The van der Waals surface area contributed by atoms with Crippen LogP contribution in [0.3, 0.4) is 0 Å². The summed E-state index contributed by atoms with van der Waals surface area (Å²) in [5.74, 6) is -0.480. The van der Waals surface area contributed by atoms with Crippen molar-refractivity contribution in [1.29, 1.82) is 5.41 Å². The molecule has 3 nitrogen and oxygen atoms in total. The Bertz CT molecular complexity index is 635. The SMILES string of the molecule is CCN(Cc1cc(F)cc(C(=N)N)c1)c1ccc(C)cc1. The van der Waals surface area contributed by atoms with Gasteiger partial charge in [-0.3, -0.25) is 5.41 Å². The van der Waals surface area contributed by atoms with E-state index in [1.165, 1.54) is 17.7 Å². The van der Waals surface area contributed by atoms with E-state index < -0.39 is 0 Å². The summed E-state index contributed by atoms with van der Waals surface area (Å²) in [6.07, 6.45) is 0. The molecule has 0 radical (unpaired) electrons. The maximum atomic E-state index is 13.6. The average molecular weight is 285 g/mol. The van der Waals surface area contributed by atoms with Crippen molar-refractivity contribution in [3.8, 4) is 0 Å². The van der Waals surface area contributed by atoms with Crippen molar-refractivity contribution in [2.24, 2.45) is 5.73 Å². The van der Waals surface area contributed by atoms with Gasteiger partial charge in [0.15, 0.2) is 0 Å². The van der Waals surface area contributed by atoms with Gasteiger partial charge in [-0.1, -0.05) is 17.7 Å². The Morgan fingerprint density at radius 2 is 1.86 bits per heavy atom. The number of anilines is 1. The fourth-order valence-electron chi connectivity index (χ4n) is 2.26. The van der Waals surface area contributed by atoms with Gasteiger partial charge in [0.1, 0.15) is 11.7 Å². The normalized spacial score (nSPS) is 10.4. The molecule has 0 saturated carbocycles. The van der Waals surface area contributed by atoms with Crippen LogP contribution in [0, 0.1) is 18.2 Å². The van der Waals surface area contributed by atoms with Crippen LogP contribution >= 0.6 is 0 Å². The number of hydrogen-bond acceptors (Lipinski definition) is 2. The Kier molecular flexibility index (Phi) is 4.58. The van der Waals surface area contributed by atoms with Crippen molar-refractivity contribution < 1.29 is 4.39 Å². The zero-order chi connectivity index (χ0) is 15.4. The van der Waals surface area contributed by atoms with Crippen molar-refractivity contribution in [3.63, 3.8) is 0 Å². The van der Waals surface area contributed by atoms with E-state index in [2.05, 4.69) is 36.1 Å². The molecule has 0 atom stereocenters. The van der Waals surface area contributed by atoms with Crippen LogP contribution in [-0.4, -0.2) is 12.4 Å². The monoisotopic (exact) mass is 285 g/mol. The quantitative estimate of drug-likeness (QED) is 0.653. The summed E-state index contributed by atoms with van der Waals surface area (Å²) in [5.41, 5.74) is 8.98. The van der Waals surface area contributed by atoms with Gasteiger partial charge in [-0.2, -0.15) is 0 Å². The summed E-state index contributed by atoms with van der Waals surface area (Å²) in [7, 11) is 0. The lowest BCUT2D eigenvalue weighted by Crippen LogP contribution is -2.22. The van der Waals surface area contributed by atoms with E-state index in [1.807, 2.05) is 6.92 Å². The molecule has 0 unspecified atom stereocenters. The number of nitrogens with two attached hydrogens (primary N) is 1. The number of hydrogen-bond donors (Lipinski definition) is 2. The lowest BCUT2D eigenvalue weighted by Gasteiger charge is -2.23. The van der Waals surface area contributed by atoms with E-state index in [0.717, 1.165) is 17.8 Å². The first-order chi connectivity index (χ1) is 9.99. The Morgan fingerprint density at radius 1 is 1.19 bits per heavy atom. The largest absolute Gasteiger partial charge is 0.384 e. The zero-order valence-electron chi connectivity index (χ0n) is 12.4. The van der Waals surface area contributed by atoms with Crippen LogP contribution in [0.5, 0.6) is 0 Å². The van der Waals surface area contributed by atoms with E-state index >= 15 is 0 Å². The lowest BCUT2D eigenvalue weighted by atomic mass is 10.1. The van der Waals surface area contributed by atoms with E-state index in [-0.39, 0.29) is 11.7 Å². The van der Waals surface area contributed by atoms with Crippen LogP contribution in [0.25, 0.3) is 0 Å².